The number of amides is 1. The summed E-state index contributed by atoms with van der Waals surface area (Å²) in [6.45, 7) is 6.62. The molecule has 0 bridgehead atoms. The maximum absolute atomic E-state index is 13.9. The van der Waals surface area contributed by atoms with E-state index in [1.165, 1.54) is 48.2 Å². The van der Waals surface area contributed by atoms with Gasteiger partial charge >= 0.3 is 0 Å². The van der Waals surface area contributed by atoms with Crippen LogP contribution in [0.15, 0.2) is 36.4 Å². The zero-order chi connectivity index (χ0) is 24.4. The molecule has 6 heteroatoms. The lowest BCUT2D eigenvalue weighted by Crippen LogP contribution is -2.55. The number of carbonyl (C=O) groups is 1. The van der Waals surface area contributed by atoms with Gasteiger partial charge in [0.15, 0.2) is 0 Å². The summed E-state index contributed by atoms with van der Waals surface area (Å²) in [6.07, 6.45) is 7.70. The van der Waals surface area contributed by atoms with Crippen LogP contribution in [0.25, 0.3) is 0 Å². The molecule has 2 aromatic rings. The van der Waals surface area contributed by atoms with Crippen LogP contribution in [0.5, 0.6) is 5.75 Å². The Bertz CT molecular complexity index is 1040. The van der Waals surface area contributed by atoms with Crippen molar-refractivity contribution in [1.29, 1.82) is 0 Å². The molecule has 0 aromatic heterocycles. The molecule has 1 saturated heterocycles. The largest absolute Gasteiger partial charge is 0.494 e. The fourth-order valence-corrected chi connectivity index (χ4v) is 6.29. The fourth-order valence-electron chi connectivity index (χ4n) is 6.29. The van der Waals surface area contributed by atoms with E-state index in [9.17, 15) is 9.18 Å². The molecule has 0 spiro atoms. The quantitative estimate of drug-likeness (QED) is 0.591. The van der Waals surface area contributed by atoms with Gasteiger partial charge in [-0.25, -0.2) is 4.39 Å². The number of fused-ring (bicyclic) bond motifs is 1. The summed E-state index contributed by atoms with van der Waals surface area (Å²) in [6, 6.07) is 11.5. The second kappa shape index (κ2) is 10.6. The van der Waals surface area contributed by atoms with Gasteiger partial charge in [-0.05, 0) is 55.9 Å². The van der Waals surface area contributed by atoms with Crippen LogP contribution in [0.4, 0.5) is 15.8 Å². The van der Waals surface area contributed by atoms with Crippen LogP contribution in [-0.2, 0) is 11.2 Å². The van der Waals surface area contributed by atoms with E-state index < -0.39 is 0 Å². The van der Waals surface area contributed by atoms with Crippen LogP contribution >= 0.6 is 0 Å². The molecule has 0 radical (unpaired) electrons. The highest BCUT2D eigenvalue weighted by atomic mass is 19.1. The van der Waals surface area contributed by atoms with E-state index >= 15 is 0 Å². The number of carbonyl (C=O) groups excluding carboxylic acids is 1. The number of benzene rings is 2. The average Bonchev–Trinajstić information content (AvgIpc) is 2.89. The molecule has 5 nitrogen and oxygen atoms in total. The Morgan fingerprint density at radius 3 is 2.54 bits per heavy atom. The van der Waals surface area contributed by atoms with Gasteiger partial charge in [-0.2, -0.15) is 0 Å². The smallest absolute Gasteiger partial charge is 0.230 e. The number of rotatable bonds is 5. The van der Waals surface area contributed by atoms with E-state index in [0.717, 1.165) is 64.1 Å². The van der Waals surface area contributed by atoms with E-state index in [-0.39, 0.29) is 17.8 Å². The third-order valence-corrected chi connectivity index (χ3v) is 8.19. The minimum absolute atomic E-state index is 0.166. The average molecular weight is 480 g/mol. The summed E-state index contributed by atoms with van der Waals surface area (Å²) in [5.74, 6) is 0.820. The summed E-state index contributed by atoms with van der Waals surface area (Å²) in [4.78, 5) is 20.9. The van der Waals surface area contributed by atoms with Gasteiger partial charge < -0.3 is 14.5 Å². The van der Waals surface area contributed by atoms with E-state index in [1.807, 2.05) is 6.07 Å². The highest BCUT2D eigenvalue weighted by Crippen LogP contribution is 2.37. The predicted molar refractivity (Wildman–Crippen MR) is 139 cm³/mol. The molecule has 0 N–H and O–H groups in total. The topological polar surface area (TPSA) is 36.0 Å². The molecule has 2 fully saturated rings. The number of nitrogens with zero attached hydrogens (tertiary/aromatic N) is 3. The first-order valence-corrected chi connectivity index (χ1v) is 13.3. The van der Waals surface area contributed by atoms with Crippen molar-refractivity contribution in [3.63, 3.8) is 0 Å². The lowest BCUT2D eigenvalue weighted by Gasteiger charge is -2.44. The number of halogens is 1. The van der Waals surface area contributed by atoms with Crippen LogP contribution in [0, 0.1) is 18.7 Å². The fraction of sp³-hybridized carbons (Fsp3) is 0.552. The van der Waals surface area contributed by atoms with Gasteiger partial charge in [0.2, 0.25) is 5.91 Å². The number of hydrogen-bond donors (Lipinski definition) is 0. The van der Waals surface area contributed by atoms with Crippen LogP contribution in [0.2, 0.25) is 0 Å². The van der Waals surface area contributed by atoms with Crippen molar-refractivity contribution in [3.05, 3.63) is 53.3 Å². The zero-order valence-corrected chi connectivity index (χ0v) is 21.1. The molecule has 1 aliphatic carbocycles. The van der Waals surface area contributed by atoms with Gasteiger partial charge in [0.25, 0.3) is 0 Å². The van der Waals surface area contributed by atoms with Gasteiger partial charge in [0.05, 0.1) is 18.5 Å². The summed E-state index contributed by atoms with van der Waals surface area (Å²) >= 11 is 0. The molecule has 1 atom stereocenters. The number of aryl methyl sites for hydroxylation is 2. The van der Waals surface area contributed by atoms with E-state index in [1.54, 1.807) is 7.11 Å². The van der Waals surface area contributed by atoms with Crippen LogP contribution in [0.3, 0.4) is 0 Å². The van der Waals surface area contributed by atoms with Crippen molar-refractivity contribution in [1.82, 2.24) is 4.90 Å². The predicted octanol–water partition coefficient (Wildman–Crippen LogP) is 5.19. The molecule has 1 unspecified atom stereocenters. The van der Waals surface area contributed by atoms with Gasteiger partial charge in [-0.3, -0.25) is 9.69 Å². The van der Waals surface area contributed by atoms with Gasteiger partial charge in [-0.1, -0.05) is 37.5 Å². The Hall–Kier alpha value is -2.60. The number of anilines is 2. The molecule has 3 aliphatic rings. The minimum atomic E-state index is -0.278. The van der Waals surface area contributed by atoms with Gasteiger partial charge in [0, 0.05) is 50.7 Å². The lowest BCUT2D eigenvalue weighted by molar-refractivity contribution is -0.124. The second-order valence-corrected chi connectivity index (χ2v) is 10.4. The molecule has 2 aliphatic heterocycles. The Morgan fingerprint density at radius 2 is 1.80 bits per heavy atom. The SMILES string of the molecule is COc1cc(F)ccc1N1CCN(CC2CCc3cccc(C)c3N2C(=O)C2CCCCC2)CC1. The highest BCUT2D eigenvalue weighted by Gasteiger charge is 2.37. The van der Waals surface area contributed by atoms with Crippen LogP contribution < -0.4 is 14.5 Å². The maximum Gasteiger partial charge on any atom is 0.230 e. The zero-order valence-electron chi connectivity index (χ0n) is 21.1. The molecular weight excluding hydrogens is 441 g/mol. The number of piperazine rings is 1. The van der Waals surface area contributed by atoms with Crippen LogP contribution in [-0.4, -0.2) is 56.7 Å². The first kappa shape index (κ1) is 24.1. The van der Waals surface area contributed by atoms with Crippen molar-refractivity contribution >= 4 is 17.3 Å². The van der Waals surface area contributed by atoms with E-state index in [2.05, 4.69) is 39.8 Å². The number of para-hydroxylation sites is 1. The molecule has 1 saturated carbocycles. The third kappa shape index (κ3) is 5.04. The number of methoxy groups -OCH3 is 1. The number of ether oxygens (including phenoxy) is 1. The molecule has 2 heterocycles. The molecule has 5 rings (SSSR count). The minimum Gasteiger partial charge on any atom is -0.494 e. The Labute approximate surface area is 208 Å². The Kier molecular flexibility index (Phi) is 7.28. The monoisotopic (exact) mass is 479 g/mol. The Morgan fingerprint density at radius 1 is 1.03 bits per heavy atom. The number of hydrogen-bond acceptors (Lipinski definition) is 4. The van der Waals surface area contributed by atoms with E-state index in [4.69, 9.17) is 4.74 Å². The summed E-state index contributed by atoms with van der Waals surface area (Å²) in [5.41, 5.74) is 4.65. The summed E-state index contributed by atoms with van der Waals surface area (Å²) in [5, 5.41) is 0. The first-order chi connectivity index (χ1) is 17.0. The van der Waals surface area contributed by atoms with Crippen molar-refractivity contribution in [2.75, 3.05) is 49.6 Å². The lowest BCUT2D eigenvalue weighted by atomic mass is 9.85. The van der Waals surface area contributed by atoms with Crippen molar-refractivity contribution in [3.8, 4) is 5.75 Å². The Balaban J connectivity index is 1.31. The standard InChI is InChI=1S/C29H38FN3O2/c1-21-7-6-10-22-11-13-25(33(28(21)22)29(34)23-8-4-3-5-9-23)20-31-15-17-32(18-16-31)26-14-12-24(30)19-27(26)35-2/h6-7,10,12,14,19,23,25H,3-5,8-9,11,13,15-18,20H2,1-2H3. The van der Waals surface area contributed by atoms with Gasteiger partial charge in [0.1, 0.15) is 11.6 Å². The third-order valence-electron chi connectivity index (χ3n) is 8.19. The van der Waals surface area contributed by atoms with Crippen LogP contribution in [0.1, 0.15) is 49.7 Å². The van der Waals surface area contributed by atoms with Crippen molar-refractivity contribution < 1.29 is 13.9 Å². The molecule has 188 valence electrons. The maximum atomic E-state index is 13.9. The molecular formula is C29H38FN3O2. The highest BCUT2D eigenvalue weighted by molar-refractivity contribution is 5.97. The first-order valence-electron chi connectivity index (χ1n) is 13.3. The molecule has 35 heavy (non-hydrogen) atoms. The van der Waals surface area contributed by atoms with Gasteiger partial charge in [-0.15, -0.1) is 0 Å². The second-order valence-electron chi connectivity index (χ2n) is 10.4. The van der Waals surface area contributed by atoms with Crippen molar-refractivity contribution in [2.45, 2.75) is 57.9 Å². The molecule has 2 aromatic carbocycles. The van der Waals surface area contributed by atoms with Crippen molar-refractivity contribution in [2.24, 2.45) is 5.92 Å². The van der Waals surface area contributed by atoms with E-state index in [0.29, 0.717) is 11.7 Å². The molecule has 1 amide bonds. The normalized spacial score (nSPS) is 21.6. The summed E-state index contributed by atoms with van der Waals surface area (Å²) < 4.78 is 19.1. The summed E-state index contributed by atoms with van der Waals surface area (Å²) in [7, 11) is 1.59.